The zero-order chi connectivity index (χ0) is 10.8. The lowest BCUT2D eigenvalue weighted by molar-refractivity contribution is -0.114. The standard InChI is InChI=1S/C11H11NO3/c1-14-9-2-3-10-7(5-9)4-8(6-15-10)11(12)13/h2-5H,6H2,1H3,(H2,12,13). The Bertz CT molecular complexity index is 437. The zero-order valence-electron chi connectivity index (χ0n) is 8.32. The molecule has 4 heteroatoms. The van der Waals surface area contributed by atoms with Crippen LogP contribution in [-0.2, 0) is 4.79 Å². The van der Waals surface area contributed by atoms with Crippen LogP contribution in [0.4, 0.5) is 0 Å². The molecule has 0 bridgehead atoms. The van der Waals surface area contributed by atoms with Crippen molar-refractivity contribution in [2.24, 2.45) is 5.73 Å². The number of fused-ring (bicyclic) bond motifs is 1. The number of primary amides is 1. The van der Waals surface area contributed by atoms with Crippen LogP contribution in [0.2, 0.25) is 0 Å². The summed E-state index contributed by atoms with van der Waals surface area (Å²) in [7, 11) is 1.59. The molecule has 0 aromatic heterocycles. The molecule has 0 unspecified atom stereocenters. The number of nitrogens with two attached hydrogens (primary N) is 1. The van der Waals surface area contributed by atoms with Gasteiger partial charge in [-0.1, -0.05) is 0 Å². The fourth-order valence-electron chi connectivity index (χ4n) is 1.42. The summed E-state index contributed by atoms with van der Waals surface area (Å²) in [5.41, 5.74) is 6.46. The van der Waals surface area contributed by atoms with Gasteiger partial charge in [0.2, 0.25) is 5.91 Å². The molecule has 1 amide bonds. The second kappa shape index (κ2) is 3.65. The van der Waals surface area contributed by atoms with Gasteiger partial charge in [0.15, 0.2) is 0 Å². The normalized spacial score (nSPS) is 13.5. The van der Waals surface area contributed by atoms with Crippen LogP contribution in [0.3, 0.4) is 0 Å². The predicted octanol–water partition coefficient (Wildman–Crippen LogP) is 0.956. The molecule has 0 spiro atoms. The number of rotatable bonds is 2. The number of carbonyl (C=O) groups excluding carboxylic acids is 1. The summed E-state index contributed by atoms with van der Waals surface area (Å²) >= 11 is 0. The Hall–Kier alpha value is -1.97. The summed E-state index contributed by atoms with van der Waals surface area (Å²) in [6, 6.07) is 5.42. The van der Waals surface area contributed by atoms with E-state index in [1.165, 1.54) is 0 Å². The molecule has 4 nitrogen and oxygen atoms in total. The molecule has 2 N–H and O–H groups in total. The van der Waals surface area contributed by atoms with Crippen molar-refractivity contribution in [1.29, 1.82) is 0 Å². The van der Waals surface area contributed by atoms with E-state index < -0.39 is 5.91 Å². The number of hydrogen-bond acceptors (Lipinski definition) is 3. The van der Waals surface area contributed by atoms with Gasteiger partial charge in [-0.3, -0.25) is 4.79 Å². The molecule has 78 valence electrons. The third-order valence-corrected chi connectivity index (χ3v) is 2.25. The first kappa shape index (κ1) is 9.58. The van der Waals surface area contributed by atoms with Gasteiger partial charge in [0.25, 0.3) is 0 Å². The fraction of sp³-hybridized carbons (Fsp3) is 0.182. The number of benzene rings is 1. The van der Waals surface area contributed by atoms with Crippen LogP contribution in [0.1, 0.15) is 5.56 Å². The molecule has 0 saturated heterocycles. The van der Waals surface area contributed by atoms with Crippen LogP contribution in [0.5, 0.6) is 11.5 Å². The molecule has 0 atom stereocenters. The highest BCUT2D eigenvalue weighted by molar-refractivity contribution is 5.98. The van der Waals surface area contributed by atoms with E-state index in [1.54, 1.807) is 19.3 Å². The lowest BCUT2D eigenvalue weighted by Gasteiger charge is -2.16. The van der Waals surface area contributed by atoms with Gasteiger partial charge in [-0.25, -0.2) is 0 Å². The van der Waals surface area contributed by atoms with E-state index in [9.17, 15) is 4.79 Å². The highest BCUT2D eigenvalue weighted by Crippen LogP contribution is 2.29. The lowest BCUT2D eigenvalue weighted by Crippen LogP contribution is -2.21. The molecule has 1 aliphatic rings. The van der Waals surface area contributed by atoms with Gasteiger partial charge < -0.3 is 15.2 Å². The van der Waals surface area contributed by atoms with Gasteiger partial charge in [-0.05, 0) is 24.3 Å². The first-order valence-corrected chi connectivity index (χ1v) is 4.52. The van der Waals surface area contributed by atoms with Crippen molar-refractivity contribution in [3.05, 3.63) is 29.3 Å². The van der Waals surface area contributed by atoms with Gasteiger partial charge >= 0.3 is 0 Å². The van der Waals surface area contributed by atoms with Gasteiger partial charge in [0, 0.05) is 5.56 Å². The fourth-order valence-corrected chi connectivity index (χ4v) is 1.42. The van der Waals surface area contributed by atoms with Gasteiger partial charge in [-0.15, -0.1) is 0 Å². The molecule has 0 saturated carbocycles. The lowest BCUT2D eigenvalue weighted by atomic mass is 10.1. The summed E-state index contributed by atoms with van der Waals surface area (Å²) in [5.74, 6) is 1.00. The predicted molar refractivity (Wildman–Crippen MR) is 55.7 cm³/mol. The van der Waals surface area contributed by atoms with Crippen LogP contribution in [0, 0.1) is 0 Å². The molecule has 1 aliphatic heterocycles. The minimum Gasteiger partial charge on any atom is -0.497 e. The molecule has 0 aliphatic carbocycles. The van der Waals surface area contributed by atoms with Crippen LogP contribution in [0.25, 0.3) is 6.08 Å². The average Bonchev–Trinajstić information content (AvgIpc) is 2.27. The topological polar surface area (TPSA) is 61.5 Å². The maximum Gasteiger partial charge on any atom is 0.248 e. The summed E-state index contributed by atoms with van der Waals surface area (Å²) in [4.78, 5) is 11.0. The van der Waals surface area contributed by atoms with Crippen LogP contribution < -0.4 is 15.2 Å². The SMILES string of the molecule is COc1ccc2c(c1)C=C(C(N)=O)CO2. The van der Waals surface area contributed by atoms with Crippen LogP contribution in [-0.4, -0.2) is 19.6 Å². The van der Waals surface area contributed by atoms with Gasteiger partial charge in [0.1, 0.15) is 18.1 Å². The third-order valence-electron chi connectivity index (χ3n) is 2.25. The Morgan fingerprint density at radius 1 is 1.53 bits per heavy atom. The minimum absolute atomic E-state index is 0.231. The molecule has 0 radical (unpaired) electrons. The Morgan fingerprint density at radius 2 is 2.33 bits per heavy atom. The van der Waals surface area contributed by atoms with E-state index >= 15 is 0 Å². The Balaban J connectivity index is 2.43. The summed E-state index contributed by atoms with van der Waals surface area (Å²) in [6.07, 6.45) is 1.73. The first-order valence-electron chi connectivity index (χ1n) is 4.52. The maximum absolute atomic E-state index is 11.0. The quantitative estimate of drug-likeness (QED) is 0.782. The van der Waals surface area contributed by atoms with E-state index in [4.69, 9.17) is 15.2 Å². The van der Waals surface area contributed by atoms with E-state index in [2.05, 4.69) is 0 Å². The number of ether oxygens (including phenoxy) is 2. The molecule has 0 fully saturated rings. The van der Waals surface area contributed by atoms with Gasteiger partial charge in [-0.2, -0.15) is 0 Å². The summed E-state index contributed by atoms with van der Waals surface area (Å²) in [6.45, 7) is 0.231. The second-order valence-corrected chi connectivity index (χ2v) is 3.23. The maximum atomic E-state index is 11.0. The minimum atomic E-state index is -0.455. The van der Waals surface area contributed by atoms with E-state index in [0.717, 1.165) is 17.1 Å². The summed E-state index contributed by atoms with van der Waals surface area (Å²) < 4.78 is 10.4. The van der Waals surface area contributed by atoms with Crippen molar-refractivity contribution in [3.63, 3.8) is 0 Å². The number of amides is 1. The van der Waals surface area contributed by atoms with Crippen LogP contribution in [0.15, 0.2) is 23.8 Å². The zero-order valence-corrected chi connectivity index (χ0v) is 8.32. The molecule has 15 heavy (non-hydrogen) atoms. The van der Waals surface area contributed by atoms with Crippen LogP contribution >= 0.6 is 0 Å². The van der Waals surface area contributed by atoms with E-state index in [0.29, 0.717) is 5.57 Å². The van der Waals surface area contributed by atoms with Crippen molar-refractivity contribution >= 4 is 12.0 Å². The summed E-state index contributed by atoms with van der Waals surface area (Å²) in [5, 5.41) is 0. The van der Waals surface area contributed by atoms with Crippen molar-refractivity contribution in [2.75, 3.05) is 13.7 Å². The third kappa shape index (κ3) is 1.79. The molecular formula is C11H11NO3. The first-order chi connectivity index (χ1) is 7.20. The van der Waals surface area contributed by atoms with E-state index in [1.807, 2.05) is 12.1 Å². The van der Waals surface area contributed by atoms with E-state index in [-0.39, 0.29) is 6.61 Å². The molecular weight excluding hydrogens is 194 g/mol. The molecule has 2 rings (SSSR count). The monoisotopic (exact) mass is 205 g/mol. The molecule has 1 heterocycles. The molecule has 1 aromatic rings. The number of hydrogen-bond donors (Lipinski definition) is 1. The van der Waals surface area contributed by atoms with Crippen molar-refractivity contribution < 1.29 is 14.3 Å². The second-order valence-electron chi connectivity index (χ2n) is 3.23. The highest BCUT2D eigenvalue weighted by Gasteiger charge is 2.15. The van der Waals surface area contributed by atoms with Crippen molar-refractivity contribution in [3.8, 4) is 11.5 Å². The Morgan fingerprint density at radius 3 is 3.00 bits per heavy atom. The Labute approximate surface area is 87.3 Å². The van der Waals surface area contributed by atoms with Gasteiger partial charge in [0.05, 0.1) is 12.7 Å². The number of carbonyl (C=O) groups is 1. The van der Waals surface area contributed by atoms with Crippen molar-refractivity contribution in [1.82, 2.24) is 0 Å². The van der Waals surface area contributed by atoms with Crippen molar-refractivity contribution in [2.45, 2.75) is 0 Å². The molecule has 1 aromatic carbocycles. The average molecular weight is 205 g/mol. The largest absolute Gasteiger partial charge is 0.497 e. The number of methoxy groups -OCH3 is 1. The highest BCUT2D eigenvalue weighted by atomic mass is 16.5. The smallest absolute Gasteiger partial charge is 0.248 e. The Kier molecular flexibility index (Phi) is 2.33.